The number of nitrogens with zero attached hydrogens (tertiary/aromatic N) is 3. The number of allylic oxidation sites excluding steroid dienone is 3. The van der Waals surface area contributed by atoms with Crippen molar-refractivity contribution in [3.8, 4) is 23.0 Å². The summed E-state index contributed by atoms with van der Waals surface area (Å²) in [6.07, 6.45) is 6.88. The van der Waals surface area contributed by atoms with E-state index in [2.05, 4.69) is 101 Å². The Morgan fingerprint density at radius 1 is 0.788 bits per heavy atom. The zero-order valence-electron chi connectivity index (χ0n) is 18.0. The Kier molecular flexibility index (Phi) is 5.41. The van der Waals surface area contributed by atoms with Gasteiger partial charge in [0.25, 0.3) is 0 Å². The summed E-state index contributed by atoms with van der Waals surface area (Å²) in [5.41, 5.74) is 7.73. The molecular formula is C30H21N3. The second kappa shape index (κ2) is 8.82. The van der Waals surface area contributed by atoms with E-state index in [4.69, 9.17) is 5.26 Å². The minimum absolute atomic E-state index is 0.913. The average Bonchev–Trinajstić information content (AvgIpc) is 3.21. The summed E-state index contributed by atoms with van der Waals surface area (Å²) in [5.74, 6) is 0. The molecule has 0 unspecified atom stereocenters. The van der Waals surface area contributed by atoms with Gasteiger partial charge in [-0.2, -0.15) is 10.3 Å². The third-order valence-corrected chi connectivity index (χ3v) is 5.83. The van der Waals surface area contributed by atoms with Gasteiger partial charge in [0.15, 0.2) is 0 Å². The number of rotatable bonds is 5. The molecule has 0 saturated heterocycles. The van der Waals surface area contributed by atoms with Gasteiger partial charge < -0.3 is 4.57 Å². The van der Waals surface area contributed by atoms with Gasteiger partial charge in [0.1, 0.15) is 0 Å². The molecule has 5 rings (SSSR count). The Labute approximate surface area is 192 Å². The molecule has 3 nitrogen and oxygen atoms in total. The van der Waals surface area contributed by atoms with Gasteiger partial charge in [0.05, 0.1) is 11.0 Å². The second-order valence-corrected chi connectivity index (χ2v) is 7.71. The largest absolute Gasteiger partial charge is 0.309 e. The zero-order chi connectivity index (χ0) is 22.6. The predicted octanol–water partition coefficient (Wildman–Crippen LogP) is 7.57. The third-order valence-electron chi connectivity index (χ3n) is 5.83. The molecule has 33 heavy (non-hydrogen) atoms. The van der Waals surface area contributed by atoms with Crippen LogP contribution in [0, 0.1) is 11.5 Å². The number of fused-ring (bicyclic) bond motifs is 3. The fourth-order valence-electron chi connectivity index (χ4n) is 4.30. The predicted molar refractivity (Wildman–Crippen MR) is 138 cm³/mol. The first-order valence-electron chi connectivity index (χ1n) is 10.7. The summed E-state index contributed by atoms with van der Waals surface area (Å²) in [6.45, 7) is 3.95. The van der Waals surface area contributed by atoms with Crippen LogP contribution in [-0.4, -0.2) is 10.8 Å². The Morgan fingerprint density at radius 2 is 1.45 bits per heavy atom. The highest BCUT2D eigenvalue weighted by molar-refractivity contribution is 6.11. The molecule has 5 aromatic rings. The first-order valence-corrected chi connectivity index (χ1v) is 10.7. The Hall–Kier alpha value is -4.68. The molecule has 0 radical (unpaired) electrons. The maximum Gasteiger partial charge on any atom is 0.205 e. The van der Waals surface area contributed by atoms with E-state index in [1.165, 1.54) is 22.7 Å². The van der Waals surface area contributed by atoms with E-state index in [-0.39, 0.29) is 0 Å². The number of para-hydroxylation sites is 1. The lowest BCUT2D eigenvalue weighted by Crippen LogP contribution is -1.93. The van der Waals surface area contributed by atoms with E-state index in [1.54, 1.807) is 12.3 Å². The van der Waals surface area contributed by atoms with Crippen LogP contribution in [0.2, 0.25) is 0 Å². The van der Waals surface area contributed by atoms with Gasteiger partial charge in [0.2, 0.25) is 6.19 Å². The molecule has 0 bridgehead atoms. The summed E-state index contributed by atoms with van der Waals surface area (Å²) >= 11 is 0. The number of benzene rings is 4. The molecule has 4 aromatic carbocycles. The van der Waals surface area contributed by atoms with Crippen LogP contribution in [0.4, 0.5) is 0 Å². The van der Waals surface area contributed by atoms with Gasteiger partial charge in [-0.3, -0.25) is 0 Å². The van der Waals surface area contributed by atoms with Gasteiger partial charge in [-0.25, -0.2) is 0 Å². The summed E-state index contributed by atoms with van der Waals surface area (Å²) in [6, 6.07) is 33.9. The van der Waals surface area contributed by atoms with Gasteiger partial charge in [-0.15, -0.1) is 0 Å². The maximum absolute atomic E-state index is 8.71. The summed E-state index contributed by atoms with van der Waals surface area (Å²) in [4.78, 5) is 3.64. The molecule has 0 saturated carbocycles. The van der Waals surface area contributed by atoms with E-state index in [1.807, 2.05) is 18.2 Å². The molecule has 0 N–H and O–H groups in total. The zero-order valence-corrected chi connectivity index (χ0v) is 18.0. The van der Waals surface area contributed by atoms with Crippen molar-refractivity contribution in [3.05, 3.63) is 121 Å². The van der Waals surface area contributed by atoms with Crippen LogP contribution in [0.5, 0.6) is 0 Å². The summed E-state index contributed by atoms with van der Waals surface area (Å²) in [5, 5.41) is 11.1. The van der Waals surface area contributed by atoms with Crippen LogP contribution in [0.25, 0.3) is 44.2 Å². The Morgan fingerprint density at radius 3 is 2.15 bits per heavy atom. The molecule has 1 aromatic heterocycles. The van der Waals surface area contributed by atoms with Gasteiger partial charge in [-0.05, 0) is 64.7 Å². The normalized spacial score (nSPS) is 11.8. The fourth-order valence-corrected chi connectivity index (χ4v) is 4.30. The molecule has 0 spiro atoms. The third kappa shape index (κ3) is 3.75. The number of hydrogen-bond donors (Lipinski definition) is 0. The standard InChI is InChI=1S/C30H21N3/c1-2-22(17-18-32-21-31)24-13-15-29-27(19-24)28-20-25(23-9-5-3-6-10-23)14-16-30(28)33(29)26-11-7-4-8-12-26/h2-20H,1H2/b22-17+,32-18?. The van der Waals surface area contributed by atoms with Crippen LogP contribution in [0.1, 0.15) is 5.56 Å². The highest BCUT2D eigenvalue weighted by Crippen LogP contribution is 2.36. The van der Waals surface area contributed by atoms with Crippen molar-refractivity contribution in [2.24, 2.45) is 4.99 Å². The van der Waals surface area contributed by atoms with Crippen LogP contribution in [0.3, 0.4) is 0 Å². The van der Waals surface area contributed by atoms with Crippen LogP contribution >= 0.6 is 0 Å². The Balaban J connectivity index is 1.80. The lowest BCUT2D eigenvalue weighted by Gasteiger charge is -2.08. The number of aliphatic imine (C=N–C) groups is 1. The molecule has 3 heteroatoms. The summed E-state index contributed by atoms with van der Waals surface area (Å²) in [7, 11) is 0. The average molecular weight is 424 g/mol. The molecule has 0 aliphatic rings. The minimum Gasteiger partial charge on any atom is -0.309 e. The molecule has 0 amide bonds. The SMILES string of the molecule is C=C/C(=C\C=NC#N)c1ccc2c(c1)c1cc(-c3ccccc3)ccc1n2-c1ccccc1. The molecule has 0 aliphatic carbocycles. The molecule has 0 aliphatic heterocycles. The van der Waals surface area contributed by atoms with Crippen molar-refractivity contribution in [2.45, 2.75) is 0 Å². The van der Waals surface area contributed by atoms with Gasteiger partial charge >= 0.3 is 0 Å². The molecule has 156 valence electrons. The topological polar surface area (TPSA) is 41.1 Å². The van der Waals surface area contributed by atoms with Crippen molar-refractivity contribution in [2.75, 3.05) is 0 Å². The lowest BCUT2D eigenvalue weighted by atomic mass is 10.00. The molecular weight excluding hydrogens is 402 g/mol. The Bertz CT molecular complexity index is 1560. The van der Waals surface area contributed by atoms with Crippen molar-refractivity contribution < 1.29 is 0 Å². The first kappa shape index (κ1) is 20.2. The first-order chi connectivity index (χ1) is 16.3. The van der Waals surface area contributed by atoms with Crippen molar-refractivity contribution >= 4 is 33.6 Å². The van der Waals surface area contributed by atoms with E-state index in [9.17, 15) is 0 Å². The van der Waals surface area contributed by atoms with E-state index in [0.29, 0.717) is 0 Å². The number of nitriles is 1. The second-order valence-electron chi connectivity index (χ2n) is 7.71. The number of aromatic nitrogens is 1. The van der Waals surface area contributed by atoms with Gasteiger partial charge in [0, 0.05) is 22.7 Å². The van der Waals surface area contributed by atoms with E-state index >= 15 is 0 Å². The molecule has 0 fully saturated rings. The molecule has 1 heterocycles. The van der Waals surface area contributed by atoms with E-state index in [0.717, 1.165) is 33.2 Å². The smallest absolute Gasteiger partial charge is 0.205 e. The quantitative estimate of drug-likeness (QED) is 0.163. The monoisotopic (exact) mass is 423 g/mol. The number of hydrogen-bond acceptors (Lipinski definition) is 2. The highest BCUT2D eigenvalue weighted by Gasteiger charge is 2.14. The van der Waals surface area contributed by atoms with Crippen LogP contribution < -0.4 is 0 Å². The van der Waals surface area contributed by atoms with Crippen molar-refractivity contribution in [3.63, 3.8) is 0 Å². The fraction of sp³-hybridized carbons (Fsp3) is 0. The van der Waals surface area contributed by atoms with Crippen LogP contribution in [0.15, 0.2) is 121 Å². The minimum atomic E-state index is 0.913. The maximum atomic E-state index is 8.71. The van der Waals surface area contributed by atoms with E-state index < -0.39 is 0 Å². The van der Waals surface area contributed by atoms with Crippen molar-refractivity contribution in [1.82, 2.24) is 4.57 Å². The molecule has 0 atom stereocenters. The highest BCUT2D eigenvalue weighted by atomic mass is 15.0. The van der Waals surface area contributed by atoms with Crippen LogP contribution in [-0.2, 0) is 0 Å². The van der Waals surface area contributed by atoms with Crippen molar-refractivity contribution in [1.29, 1.82) is 5.26 Å². The lowest BCUT2D eigenvalue weighted by molar-refractivity contribution is 1.18. The summed E-state index contributed by atoms with van der Waals surface area (Å²) < 4.78 is 2.30. The van der Waals surface area contributed by atoms with Gasteiger partial charge in [-0.1, -0.05) is 73.3 Å².